The van der Waals surface area contributed by atoms with E-state index in [1.807, 2.05) is 6.92 Å². The summed E-state index contributed by atoms with van der Waals surface area (Å²) in [5, 5.41) is 1.58. The second-order valence-corrected chi connectivity index (χ2v) is 4.59. The molecule has 0 aliphatic carbocycles. The van der Waals surface area contributed by atoms with Gasteiger partial charge >= 0.3 is 0 Å². The first-order valence-electron chi connectivity index (χ1n) is 4.80. The maximum atomic E-state index is 5.89. The highest BCUT2D eigenvalue weighted by atomic mass is 35.5. The lowest BCUT2D eigenvalue weighted by Gasteiger charge is -2.01. The second kappa shape index (κ2) is 5.48. The van der Waals surface area contributed by atoms with E-state index in [4.69, 9.17) is 20.8 Å². The van der Waals surface area contributed by atoms with Gasteiger partial charge in [-0.1, -0.05) is 11.6 Å². The monoisotopic (exact) mass is 271 g/mol. The van der Waals surface area contributed by atoms with E-state index in [9.17, 15) is 0 Å². The summed E-state index contributed by atoms with van der Waals surface area (Å²) in [6.45, 7) is 2.18. The maximum Gasteiger partial charge on any atom is 0.262 e. The van der Waals surface area contributed by atoms with Gasteiger partial charge in [-0.25, -0.2) is 15.0 Å². The van der Waals surface area contributed by atoms with Crippen molar-refractivity contribution < 1.29 is 9.15 Å². The van der Waals surface area contributed by atoms with Gasteiger partial charge in [-0.15, -0.1) is 0 Å². The molecule has 0 amide bonds. The fourth-order valence-corrected chi connectivity index (χ4v) is 2.21. The summed E-state index contributed by atoms with van der Waals surface area (Å²) in [7, 11) is 1.58. The molecular weight excluding hydrogens is 262 g/mol. The highest BCUT2D eigenvalue weighted by Crippen LogP contribution is 2.26. The average molecular weight is 272 g/mol. The SMILES string of the molecule is COCc1nc(Cl)cc(Sc2nc(C)co2)n1. The minimum absolute atomic E-state index is 0.318. The third kappa shape index (κ3) is 3.42. The molecule has 0 spiro atoms. The molecule has 0 radical (unpaired) electrons. The normalized spacial score (nSPS) is 10.8. The topological polar surface area (TPSA) is 61.0 Å². The molecule has 0 N–H and O–H groups in total. The minimum Gasteiger partial charge on any atom is -0.439 e. The van der Waals surface area contributed by atoms with Crippen LogP contribution in [0.2, 0.25) is 5.15 Å². The molecular formula is C10H10ClN3O2S. The van der Waals surface area contributed by atoms with Crippen molar-refractivity contribution in [2.24, 2.45) is 0 Å². The Morgan fingerprint density at radius 3 is 2.88 bits per heavy atom. The summed E-state index contributed by atoms with van der Waals surface area (Å²) < 4.78 is 10.2. The third-order valence-corrected chi connectivity index (χ3v) is 2.75. The van der Waals surface area contributed by atoms with Crippen LogP contribution in [0.4, 0.5) is 0 Å². The molecule has 2 heterocycles. The van der Waals surface area contributed by atoms with Crippen molar-refractivity contribution in [1.82, 2.24) is 15.0 Å². The van der Waals surface area contributed by atoms with E-state index in [-0.39, 0.29) is 0 Å². The third-order valence-electron chi connectivity index (χ3n) is 1.78. The van der Waals surface area contributed by atoms with Crippen LogP contribution in [0.25, 0.3) is 0 Å². The van der Waals surface area contributed by atoms with E-state index < -0.39 is 0 Å². The van der Waals surface area contributed by atoms with Crippen molar-refractivity contribution in [3.8, 4) is 0 Å². The van der Waals surface area contributed by atoms with Gasteiger partial charge in [-0.3, -0.25) is 0 Å². The Balaban J connectivity index is 2.20. The molecule has 2 aromatic rings. The van der Waals surface area contributed by atoms with Crippen molar-refractivity contribution in [3.05, 3.63) is 29.0 Å². The Morgan fingerprint density at radius 1 is 1.41 bits per heavy atom. The number of oxazole rings is 1. The van der Waals surface area contributed by atoms with Gasteiger partial charge in [0.25, 0.3) is 5.22 Å². The predicted molar refractivity (Wildman–Crippen MR) is 63.1 cm³/mol. The van der Waals surface area contributed by atoms with Crippen LogP contribution in [-0.2, 0) is 11.3 Å². The molecule has 0 bridgehead atoms. The first-order valence-corrected chi connectivity index (χ1v) is 5.99. The molecule has 0 atom stereocenters. The number of hydrogen-bond donors (Lipinski definition) is 0. The molecule has 90 valence electrons. The Labute approximate surface area is 108 Å². The Morgan fingerprint density at radius 2 is 2.24 bits per heavy atom. The molecule has 7 heteroatoms. The Bertz CT molecular complexity index is 518. The van der Waals surface area contributed by atoms with Crippen LogP contribution < -0.4 is 0 Å². The Kier molecular flexibility index (Phi) is 3.98. The van der Waals surface area contributed by atoms with Gasteiger partial charge in [0.05, 0.1) is 5.69 Å². The molecule has 0 fully saturated rings. The fraction of sp³-hybridized carbons (Fsp3) is 0.300. The number of methoxy groups -OCH3 is 1. The number of rotatable bonds is 4. The quantitative estimate of drug-likeness (QED) is 0.797. The van der Waals surface area contributed by atoms with E-state index in [2.05, 4.69) is 15.0 Å². The molecule has 0 saturated carbocycles. The van der Waals surface area contributed by atoms with Gasteiger partial charge in [0, 0.05) is 13.2 Å². The van der Waals surface area contributed by atoms with Crippen molar-refractivity contribution in [2.75, 3.05) is 7.11 Å². The maximum absolute atomic E-state index is 5.89. The minimum atomic E-state index is 0.318. The van der Waals surface area contributed by atoms with Gasteiger partial charge in [0.15, 0.2) is 5.82 Å². The smallest absolute Gasteiger partial charge is 0.262 e. The van der Waals surface area contributed by atoms with E-state index in [1.165, 1.54) is 11.8 Å². The van der Waals surface area contributed by atoms with Gasteiger partial charge in [-0.05, 0) is 18.7 Å². The highest BCUT2D eigenvalue weighted by Gasteiger charge is 2.08. The number of ether oxygens (including phenoxy) is 1. The molecule has 0 unspecified atom stereocenters. The van der Waals surface area contributed by atoms with Crippen LogP contribution in [-0.4, -0.2) is 22.1 Å². The van der Waals surface area contributed by atoms with E-state index in [0.717, 1.165) is 5.69 Å². The van der Waals surface area contributed by atoms with Crippen LogP contribution in [0.3, 0.4) is 0 Å². The number of nitrogens with zero attached hydrogens (tertiary/aromatic N) is 3. The molecule has 17 heavy (non-hydrogen) atoms. The Hall–Kier alpha value is -1.11. The lowest BCUT2D eigenvalue weighted by molar-refractivity contribution is 0.177. The molecule has 0 saturated heterocycles. The van der Waals surface area contributed by atoms with E-state index in [0.29, 0.717) is 27.8 Å². The molecule has 5 nitrogen and oxygen atoms in total. The summed E-state index contributed by atoms with van der Waals surface area (Å²) in [5.74, 6) is 0.533. The summed E-state index contributed by atoms with van der Waals surface area (Å²) >= 11 is 7.18. The first-order chi connectivity index (χ1) is 8.17. The zero-order chi connectivity index (χ0) is 12.3. The zero-order valence-corrected chi connectivity index (χ0v) is 10.9. The molecule has 2 rings (SSSR count). The van der Waals surface area contributed by atoms with Crippen molar-refractivity contribution in [1.29, 1.82) is 0 Å². The van der Waals surface area contributed by atoms with Crippen LogP contribution in [0, 0.1) is 6.92 Å². The lowest BCUT2D eigenvalue weighted by Crippen LogP contribution is -1.98. The fourth-order valence-electron chi connectivity index (χ4n) is 1.16. The van der Waals surface area contributed by atoms with Gasteiger partial charge in [0.2, 0.25) is 0 Å². The molecule has 0 aliphatic heterocycles. The van der Waals surface area contributed by atoms with Crippen LogP contribution in [0.5, 0.6) is 0 Å². The number of hydrogen-bond acceptors (Lipinski definition) is 6. The largest absolute Gasteiger partial charge is 0.439 e. The summed E-state index contributed by atoms with van der Waals surface area (Å²) in [5.41, 5.74) is 0.824. The molecule has 0 aromatic carbocycles. The average Bonchev–Trinajstić information content (AvgIpc) is 2.63. The number of halogens is 1. The first kappa shape index (κ1) is 12.3. The van der Waals surface area contributed by atoms with Crippen LogP contribution >= 0.6 is 23.4 Å². The molecule has 2 aromatic heterocycles. The van der Waals surface area contributed by atoms with Gasteiger partial charge in [0.1, 0.15) is 23.0 Å². The number of aryl methyl sites for hydroxylation is 1. The molecule has 0 aliphatic rings. The summed E-state index contributed by atoms with van der Waals surface area (Å²) in [4.78, 5) is 12.5. The van der Waals surface area contributed by atoms with Gasteiger partial charge in [-0.2, -0.15) is 0 Å². The van der Waals surface area contributed by atoms with Crippen molar-refractivity contribution in [2.45, 2.75) is 23.8 Å². The highest BCUT2D eigenvalue weighted by molar-refractivity contribution is 7.99. The number of aromatic nitrogens is 3. The lowest BCUT2D eigenvalue weighted by atomic mass is 10.6. The van der Waals surface area contributed by atoms with Gasteiger partial charge < -0.3 is 9.15 Å². The second-order valence-electron chi connectivity index (χ2n) is 3.24. The van der Waals surface area contributed by atoms with Crippen LogP contribution in [0.15, 0.2) is 27.0 Å². The van der Waals surface area contributed by atoms with Crippen LogP contribution in [0.1, 0.15) is 11.5 Å². The summed E-state index contributed by atoms with van der Waals surface area (Å²) in [6.07, 6.45) is 1.58. The van der Waals surface area contributed by atoms with E-state index >= 15 is 0 Å². The summed E-state index contributed by atoms with van der Waals surface area (Å²) in [6, 6.07) is 1.66. The zero-order valence-electron chi connectivity index (χ0n) is 9.31. The van der Waals surface area contributed by atoms with Crippen molar-refractivity contribution >= 4 is 23.4 Å². The predicted octanol–water partition coefficient (Wildman–Crippen LogP) is 2.72. The van der Waals surface area contributed by atoms with E-state index in [1.54, 1.807) is 19.4 Å². The standard InChI is InChI=1S/C10H10ClN3O2S/c1-6-4-16-10(12-6)17-9-3-7(11)13-8(14-9)5-15-2/h3-4H,5H2,1-2H3. The van der Waals surface area contributed by atoms with Crippen molar-refractivity contribution in [3.63, 3.8) is 0 Å².